The Hall–Kier alpha value is -0.0400. The highest BCUT2D eigenvalue weighted by Gasteiger charge is 2.33. The Kier molecular flexibility index (Phi) is 2.82. The van der Waals surface area contributed by atoms with E-state index >= 15 is 0 Å². The van der Waals surface area contributed by atoms with Gasteiger partial charge in [0.2, 0.25) is 0 Å². The molecule has 0 aromatic carbocycles. The third kappa shape index (κ3) is 2.22. The van der Waals surface area contributed by atoms with Crippen LogP contribution in [0.2, 0.25) is 0 Å². The highest BCUT2D eigenvalue weighted by molar-refractivity contribution is 4.86. The Balaban J connectivity index is 2.61. The van der Waals surface area contributed by atoms with Crippen LogP contribution in [0.25, 0.3) is 0 Å². The Morgan fingerprint density at radius 3 is 2.17 bits per heavy atom. The van der Waals surface area contributed by atoms with E-state index in [1.54, 1.807) is 0 Å². The Bertz CT molecular complexity index is 146. The van der Waals surface area contributed by atoms with E-state index in [1.807, 2.05) is 0 Å². The van der Waals surface area contributed by atoms with Gasteiger partial charge in [-0.25, -0.2) is 0 Å². The third-order valence-corrected chi connectivity index (χ3v) is 3.35. The summed E-state index contributed by atoms with van der Waals surface area (Å²) in [5.41, 5.74) is 6.43. The first-order chi connectivity index (χ1) is 5.41. The molecule has 1 nitrogen and oxygen atoms in total. The lowest BCUT2D eigenvalue weighted by Crippen LogP contribution is -2.38. The van der Waals surface area contributed by atoms with E-state index in [0.717, 1.165) is 11.8 Å². The van der Waals surface area contributed by atoms with Crippen molar-refractivity contribution >= 4 is 0 Å². The molecule has 72 valence electrons. The van der Waals surface area contributed by atoms with Crippen molar-refractivity contribution in [3.05, 3.63) is 0 Å². The summed E-state index contributed by atoms with van der Waals surface area (Å²) in [6, 6.07) is 0.463. The summed E-state index contributed by atoms with van der Waals surface area (Å²) in [5.74, 6) is 1.69. The van der Waals surface area contributed by atoms with Gasteiger partial charge in [0, 0.05) is 6.04 Å². The molecular weight excluding hydrogens is 146 g/mol. The van der Waals surface area contributed by atoms with Gasteiger partial charge < -0.3 is 5.73 Å². The number of nitrogens with two attached hydrogens (primary N) is 1. The van der Waals surface area contributed by atoms with Gasteiger partial charge in [0.15, 0.2) is 0 Å². The summed E-state index contributed by atoms with van der Waals surface area (Å²) < 4.78 is 0. The molecule has 1 rings (SSSR count). The van der Waals surface area contributed by atoms with Crippen molar-refractivity contribution in [2.45, 2.75) is 53.0 Å². The predicted octanol–water partition coefficient (Wildman–Crippen LogP) is 2.80. The van der Waals surface area contributed by atoms with Crippen LogP contribution in [0, 0.1) is 17.3 Å². The molecule has 1 fully saturated rings. The highest BCUT2D eigenvalue weighted by atomic mass is 14.6. The van der Waals surface area contributed by atoms with E-state index in [4.69, 9.17) is 5.73 Å². The fraction of sp³-hybridized carbons (Fsp3) is 1.00. The SMILES string of the molecule is CC1CCC(N)CC1C(C)(C)C. The molecule has 3 atom stereocenters. The van der Waals surface area contributed by atoms with Crippen LogP contribution < -0.4 is 5.73 Å². The first kappa shape index (κ1) is 10.0. The zero-order chi connectivity index (χ0) is 9.35. The zero-order valence-corrected chi connectivity index (χ0v) is 8.93. The molecule has 0 spiro atoms. The monoisotopic (exact) mass is 169 g/mol. The van der Waals surface area contributed by atoms with E-state index in [9.17, 15) is 0 Å². The molecule has 1 aliphatic carbocycles. The standard InChI is InChI=1S/C11H23N/c1-8-5-6-9(12)7-10(8)11(2,3)4/h8-10H,5-7,12H2,1-4H3. The van der Waals surface area contributed by atoms with E-state index in [0.29, 0.717) is 11.5 Å². The van der Waals surface area contributed by atoms with Crippen molar-refractivity contribution in [3.63, 3.8) is 0 Å². The van der Waals surface area contributed by atoms with Crippen molar-refractivity contribution in [1.29, 1.82) is 0 Å². The van der Waals surface area contributed by atoms with Crippen molar-refractivity contribution in [2.75, 3.05) is 0 Å². The van der Waals surface area contributed by atoms with Gasteiger partial charge in [-0.15, -0.1) is 0 Å². The average molecular weight is 169 g/mol. The molecule has 2 N–H and O–H groups in total. The third-order valence-electron chi connectivity index (χ3n) is 3.35. The lowest BCUT2D eigenvalue weighted by Gasteiger charge is -2.41. The maximum absolute atomic E-state index is 5.98. The number of hydrogen-bond donors (Lipinski definition) is 1. The predicted molar refractivity (Wildman–Crippen MR) is 53.9 cm³/mol. The van der Waals surface area contributed by atoms with Gasteiger partial charge in [-0.1, -0.05) is 27.7 Å². The lowest BCUT2D eigenvalue weighted by atomic mass is 9.66. The summed E-state index contributed by atoms with van der Waals surface area (Å²) in [6.07, 6.45) is 3.78. The molecular formula is C11H23N. The minimum Gasteiger partial charge on any atom is -0.328 e. The Morgan fingerprint density at radius 2 is 1.75 bits per heavy atom. The van der Waals surface area contributed by atoms with Crippen LogP contribution in [0.5, 0.6) is 0 Å². The minimum atomic E-state index is 0.442. The molecule has 1 heteroatoms. The van der Waals surface area contributed by atoms with Gasteiger partial charge in [0.1, 0.15) is 0 Å². The molecule has 3 unspecified atom stereocenters. The molecule has 0 saturated heterocycles. The fourth-order valence-corrected chi connectivity index (χ4v) is 2.56. The molecule has 0 bridgehead atoms. The molecule has 0 aromatic heterocycles. The maximum atomic E-state index is 5.98. The second-order valence-corrected chi connectivity index (χ2v) is 5.52. The summed E-state index contributed by atoms with van der Waals surface area (Å²) >= 11 is 0. The number of hydrogen-bond acceptors (Lipinski definition) is 1. The molecule has 1 saturated carbocycles. The summed E-state index contributed by atoms with van der Waals surface area (Å²) in [6.45, 7) is 9.40. The zero-order valence-electron chi connectivity index (χ0n) is 8.93. The van der Waals surface area contributed by atoms with E-state index in [2.05, 4.69) is 27.7 Å². The fourth-order valence-electron chi connectivity index (χ4n) is 2.56. The van der Waals surface area contributed by atoms with Gasteiger partial charge in [-0.2, -0.15) is 0 Å². The molecule has 0 amide bonds. The Labute approximate surface area is 76.7 Å². The highest BCUT2D eigenvalue weighted by Crippen LogP contribution is 2.40. The first-order valence-corrected chi connectivity index (χ1v) is 5.17. The topological polar surface area (TPSA) is 26.0 Å². The number of rotatable bonds is 0. The Morgan fingerprint density at radius 1 is 1.17 bits per heavy atom. The summed E-state index contributed by atoms with van der Waals surface area (Å²) in [5, 5.41) is 0. The van der Waals surface area contributed by atoms with Crippen molar-refractivity contribution in [3.8, 4) is 0 Å². The van der Waals surface area contributed by atoms with Crippen LogP contribution in [0.1, 0.15) is 47.0 Å². The second kappa shape index (κ2) is 3.37. The van der Waals surface area contributed by atoms with E-state index in [-0.39, 0.29) is 0 Å². The van der Waals surface area contributed by atoms with Crippen molar-refractivity contribution in [1.82, 2.24) is 0 Å². The minimum absolute atomic E-state index is 0.442. The normalized spacial score (nSPS) is 38.2. The van der Waals surface area contributed by atoms with Crippen LogP contribution in [0.3, 0.4) is 0 Å². The van der Waals surface area contributed by atoms with Crippen LogP contribution in [-0.2, 0) is 0 Å². The quantitative estimate of drug-likeness (QED) is 0.593. The largest absolute Gasteiger partial charge is 0.328 e. The molecule has 0 heterocycles. The molecule has 12 heavy (non-hydrogen) atoms. The molecule has 0 radical (unpaired) electrons. The molecule has 0 aromatic rings. The first-order valence-electron chi connectivity index (χ1n) is 5.17. The average Bonchev–Trinajstić information content (AvgIpc) is 1.92. The summed E-state index contributed by atoms with van der Waals surface area (Å²) in [7, 11) is 0. The van der Waals surface area contributed by atoms with Gasteiger partial charge in [0.25, 0.3) is 0 Å². The van der Waals surface area contributed by atoms with E-state index in [1.165, 1.54) is 19.3 Å². The lowest BCUT2D eigenvalue weighted by molar-refractivity contribution is 0.108. The summed E-state index contributed by atoms with van der Waals surface area (Å²) in [4.78, 5) is 0. The molecule has 1 aliphatic rings. The smallest absolute Gasteiger partial charge is 0.00418 e. The maximum Gasteiger partial charge on any atom is 0.00418 e. The van der Waals surface area contributed by atoms with Gasteiger partial charge in [-0.05, 0) is 36.5 Å². The van der Waals surface area contributed by atoms with Gasteiger partial charge in [0.05, 0.1) is 0 Å². The van der Waals surface area contributed by atoms with Crippen LogP contribution in [0.15, 0.2) is 0 Å². The van der Waals surface area contributed by atoms with Crippen LogP contribution in [0.4, 0.5) is 0 Å². The molecule has 0 aliphatic heterocycles. The van der Waals surface area contributed by atoms with Gasteiger partial charge in [-0.3, -0.25) is 0 Å². The van der Waals surface area contributed by atoms with Crippen molar-refractivity contribution in [2.24, 2.45) is 23.0 Å². The van der Waals surface area contributed by atoms with Crippen LogP contribution >= 0.6 is 0 Å². The van der Waals surface area contributed by atoms with Crippen molar-refractivity contribution < 1.29 is 0 Å². The van der Waals surface area contributed by atoms with Crippen LogP contribution in [-0.4, -0.2) is 6.04 Å². The van der Waals surface area contributed by atoms with E-state index < -0.39 is 0 Å². The van der Waals surface area contributed by atoms with Gasteiger partial charge >= 0.3 is 0 Å². The second-order valence-electron chi connectivity index (χ2n) is 5.52.